The van der Waals surface area contributed by atoms with E-state index in [1.165, 1.54) is 6.07 Å². The van der Waals surface area contributed by atoms with E-state index in [-0.39, 0.29) is 5.82 Å². The Morgan fingerprint density at radius 3 is 2.71 bits per heavy atom. The molecule has 0 aliphatic rings. The Morgan fingerprint density at radius 2 is 2.18 bits per heavy atom. The van der Waals surface area contributed by atoms with Gasteiger partial charge in [-0.1, -0.05) is 17.3 Å². The first-order chi connectivity index (χ1) is 8.00. The van der Waals surface area contributed by atoms with Gasteiger partial charge in [0, 0.05) is 7.05 Å². The van der Waals surface area contributed by atoms with E-state index in [1.54, 1.807) is 24.7 Å². The average Bonchev–Trinajstić information content (AvgIpc) is 2.62. The number of nitrogens with zero attached hydrogens (tertiary/aromatic N) is 3. The van der Waals surface area contributed by atoms with Crippen LogP contribution in [-0.4, -0.2) is 15.0 Å². The molecule has 0 aliphatic carbocycles. The fourth-order valence-corrected chi connectivity index (χ4v) is 2.20. The van der Waals surface area contributed by atoms with Crippen LogP contribution in [-0.2, 0) is 7.05 Å². The Kier molecular flexibility index (Phi) is 3.26. The maximum absolute atomic E-state index is 13.5. The monoisotopic (exact) mass is 298 g/mol. The van der Waals surface area contributed by atoms with Gasteiger partial charge in [0.1, 0.15) is 5.82 Å². The zero-order valence-corrected chi connectivity index (χ0v) is 11.1. The smallest absolute Gasteiger partial charge is 0.153 e. The SMILES string of the molecule is Cc1ccc(C(N)c2c(Br)nnn2C)cc1F. The number of aryl methyl sites for hydroxylation is 2. The molecule has 0 aliphatic heterocycles. The maximum Gasteiger partial charge on any atom is 0.153 e. The molecule has 0 saturated carbocycles. The molecule has 17 heavy (non-hydrogen) atoms. The highest BCUT2D eigenvalue weighted by molar-refractivity contribution is 9.10. The summed E-state index contributed by atoms with van der Waals surface area (Å²) in [5, 5.41) is 7.71. The fraction of sp³-hybridized carbons (Fsp3) is 0.273. The summed E-state index contributed by atoms with van der Waals surface area (Å²) in [5.74, 6) is -0.260. The van der Waals surface area contributed by atoms with Crippen LogP contribution in [0.15, 0.2) is 22.8 Å². The molecule has 2 rings (SSSR count). The van der Waals surface area contributed by atoms with Crippen molar-refractivity contribution in [3.05, 3.63) is 45.4 Å². The summed E-state index contributed by atoms with van der Waals surface area (Å²) in [5.41, 5.74) is 8.09. The van der Waals surface area contributed by atoms with Gasteiger partial charge in [-0.25, -0.2) is 9.07 Å². The highest BCUT2D eigenvalue weighted by Crippen LogP contribution is 2.25. The van der Waals surface area contributed by atoms with Crippen molar-refractivity contribution in [1.29, 1.82) is 0 Å². The van der Waals surface area contributed by atoms with Crippen LogP contribution < -0.4 is 5.73 Å². The summed E-state index contributed by atoms with van der Waals surface area (Å²) in [6.07, 6.45) is 0. The largest absolute Gasteiger partial charge is 0.319 e. The van der Waals surface area contributed by atoms with Crippen molar-refractivity contribution >= 4 is 15.9 Å². The molecule has 90 valence electrons. The minimum atomic E-state index is -0.459. The Bertz CT molecular complexity index is 533. The summed E-state index contributed by atoms with van der Waals surface area (Å²) in [4.78, 5) is 0. The minimum absolute atomic E-state index is 0.260. The second-order valence-corrected chi connectivity index (χ2v) is 4.63. The molecule has 1 aromatic carbocycles. The highest BCUT2D eigenvalue weighted by atomic mass is 79.9. The van der Waals surface area contributed by atoms with Gasteiger partial charge in [-0.15, -0.1) is 5.10 Å². The number of hydrogen-bond acceptors (Lipinski definition) is 3. The van der Waals surface area contributed by atoms with Gasteiger partial charge in [-0.05, 0) is 40.0 Å². The molecule has 0 fully saturated rings. The van der Waals surface area contributed by atoms with Crippen molar-refractivity contribution in [1.82, 2.24) is 15.0 Å². The lowest BCUT2D eigenvalue weighted by atomic mass is 10.0. The molecule has 0 bridgehead atoms. The molecule has 6 heteroatoms. The first kappa shape index (κ1) is 12.2. The molecule has 1 heterocycles. The van der Waals surface area contributed by atoms with E-state index >= 15 is 0 Å². The number of benzene rings is 1. The number of hydrogen-bond donors (Lipinski definition) is 1. The van der Waals surface area contributed by atoms with E-state index in [4.69, 9.17) is 5.73 Å². The highest BCUT2D eigenvalue weighted by Gasteiger charge is 2.18. The number of nitrogens with two attached hydrogens (primary N) is 1. The van der Waals surface area contributed by atoms with Crippen molar-refractivity contribution < 1.29 is 4.39 Å². The third-order valence-corrected chi connectivity index (χ3v) is 3.24. The van der Waals surface area contributed by atoms with Crippen LogP contribution in [0.25, 0.3) is 0 Å². The number of rotatable bonds is 2. The molecule has 0 spiro atoms. The van der Waals surface area contributed by atoms with Crippen LogP contribution in [0.3, 0.4) is 0 Å². The zero-order valence-electron chi connectivity index (χ0n) is 9.48. The van der Waals surface area contributed by atoms with Gasteiger partial charge in [-0.2, -0.15) is 0 Å². The van der Waals surface area contributed by atoms with E-state index in [0.29, 0.717) is 21.4 Å². The van der Waals surface area contributed by atoms with E-state index in [0.717, 1.165) is 0 Å². The van der Waals surface area contributed by atoms with Gasteiger partial charge < -0.3 is 5.73 Å². The second kappa shape index (κ2) is 4.54. The minimum Gasteiger partial charge on any atom is -0.319 e. The molecule has 1 unspecified atom stereocenters. The Labute approximate surface area is 107 Å². The second-order valence-electron chi connectivity index (χ2n) is 3.88. The maximum atomic E-state index is 13.5. The van der Waals surface area contributed by atoms with Crippen LogP contribution in [0.1, 0.15) is 22.9 Å². The third-order valence-electron chi connectivity index (χ3n) is 2.68. The van der Waals surface area contributed by atoms with Crippen LogP contribution in [0.2, 0.25) is 0 Å². The van der Waals surface area contributed by atoms with Crippen LogP contribution in [0, 0.1) is 12.7 Å². The number of aromatic nitrogens is 3. The first-order valence-corrected chi connectivity index (χ1v) is 5.86. The van der Waals surface area contributed by atoms with E-state index in [9.17, 15) is 4.39 Å². The Morgan fingerprint density at radius 1 is 1.47 bits per heavy atom. The van der Waals surface area contributed by atoms with Gasteiger partial charge in [-0.3, -0.25) is 0 Å². The Balaban J connectivity index is 2.43. The van der Waals surface area contributed by atoms with Crippen molar-refractivity contribution in [2.75, 3.05) is 0 Å². The van der Waals surface area contributed by atoms with Crippen LogP contribution in [0.5, 0.6) is 0 Å². The van der Waals surface area contributed by atoms with Crippen LogP contribution >= 0.6 is 15.9 Å². The predicted molar refractivity (Wildman–Crippen MR) is 65.9 cm³/mol. The molecule has 1 aromatic heterocycles. The summed E-state index contributed by atoms with van der Waals surface area (Å²) < 4.78 is 15.6. The van der Waals surface area contributed by atoms with Gasteiger partial charge in [0.25, 0.3) is 0 Å². The standard InChI is InChI=1S/C11H12BrFN4/c1-6-3-4-7(5-8(6)13)9(14)10-11(12)15-16-17(10)2/h3-5,9H,14H2,1-2H3. The predicted octanol–water partition coefficient (Wildman–Crippen LogP) is 2.07. The topological polar surface area (TPSA) is 56.7 Å². The molecule has 0 radical (unpaired) electrons. The normalized spacial score (nSPS) is 12.8. The molecule has 2 N–H and O–H groups in total. The molecule has 4 nitrogen and oxygen atoms in total. The van der Waals surface area contributed by atoms with Gasteiger partial charge in [0.2, 0.25) is 0 Å². The van der Waals surface area contributed by atoms with Crippen molar-refractivity contribution in [3.8, 4) is 0 Å². The summed E-state index contributed by atoms with van der Waals surface area (Å²) in [6, 6.07) is 4.50. The van der Waals surface area contributed by atoms with Crippen molar-refractivity contribution in [2.24, 2.45) is 12.8 Å². The molecule has 0 amide bonds. The van der Waals surface area contributed by atoms with Gasteiger partial charge in [0.15, 0.2) is 4.60 Å². The lowest BCUT2D eigenvalue weighted by molar-refractivity contribution is 0.609. The zero-order chi connectivity index (χ0) is 12.6. The van der Waals surface area contributed by atoms with E-state index in [2.05, 4.69) is 26.2 Å². The fourth-order valence-electron chi connectivity index (χ4n) is 1.63. The third kappa shape index (κ3) is 2.23. The van der Waals surface area contributed by atoms with E-state index in [1.807, 2.05) is 6.07 Å². The van der Waals surface area contributed by atoms with E-state index < -0.39 is 6.04 Å². The van der Waals surface area contributed by atoms with Crippen LogP contribution in [0.4, 0.5) is 4.39 Å². The Hall–Kier alpha value is -1.27. The summed E-state index contributed by atoms with van der Waals surface area (Å²) in [7, 11) is 1.75. The number of halogens is 2. The molecule has 1 atom stereocenters. The van der Waals surface area contributed by atoms with Crippen molar-refractivity contribution in [2.45, 2.75) is 13.0 Å². The quantitative estimate of drug-likeness (QED) is 0.923. The molecular weight excluding hydrogens is 287 g/mol. The summed E-state index contributed by atoms with van der Waals surface area (Å²) >= 11 is 3.28. The van der Waals surface area contributed by atoms with Crippen molar-refractivity contribution in [3.63, 3.8) is 0 Å². The molecule has 0 saturated heterocycles. The van der Waals surface area contributed by atoms with Gasteiger partial charge in [0.05, 0.1) is 11.7 Å². The molecular formula is C11H12BrFN4. The first-order valence-electron chi connectivity index (χ1n) is 5.07. The molecule has 2 aromatic rings. The lowest BCUT2D eigenvalue weighted by Crippen LogP contribution is -2.16. The summed E-state index contributed by atoms with van der Waals surface area (Å²) in [6.45, 7) is 1.71. The lowest BCUT2D eigenvalue weighted by Gasteiger charge is -2.13. The van der Waals surface area contributed by atoms with Gasteiger partial charge >= 0.3 is 0 Å². The average molecular weight is 299 g/mol.